The van der Waals surface area contributed by atoms with Crippen molar-refractivity contribution >= 4 is 16.7 Å². The second-order valence-electron chi connectivity index (χ2n) is 6.61. The quantitative estimate of drug-likeness (QED) is 0.721. The summed E-state index contributed by atoms with van der Waals surface area (Å²) >= 11 is 0. The Balaban J connectivity index is 1.64. The van der Waals surface area contributed by atoms with Crippen LogP contribution >= 0.6 is 0 Å². The van der Waals surface area contributed by atoms with Gasteiger partial charge in [-0.15, -0.1) is 0 Å². The molecule has 1 amide bonds. The van der Waals surface area contributed by atoms with Crippen molar-refractivity contribution in [1.29, 1.82) is 0 Å². The molecule has 3 rings (SSSR count). The van der Waals surface area contributed by atoms with E-state index < -0.39 is 5.54 Å². The van der Waals surface area contributed by atoms with E-state index in [9.17, 15) is 4.79 Å². The Bertz CT molecular complexity index is 883. The molecule has 25 heavy (non-hydrogen) atoms. The van der Waals surface area contributed by atoms with Gasteiger partial charge in [0.15, 0.2) is 5.76 Å². The van der Waals surface area contributed by atoms with Gasteiger partial charge in [0.2, 0.25) is 0 Å². The molecule has 0 atom stereocenters. The van der Waals surface area contributed by atoms with Crippen molar-refractivity contribution in [3.8, 4) is 5.75 Å². The number of hydrogen-bond acceptors (Lipinski definition) is 4. The Morgan fingerprint density at radius 1 is 1.12 bits per heavy atom. The summed E-state index contributed by atoms with van der Waals surface area (Å²) in [6.07, 6.45) is 0. The molecule has 0 fully saturated rings. The third-order valence-electron chi connectivity index (χ3n) is 3.95. The van der Waals surface area contributed by atoms with E-state index in [2.05, 4.69) is 11.4 Å². The lowest BCUT2D eigenvalue weighted by Crippen LogP contribution is -2.48. The molecule has 0 unspecified atom stereocenters. The van der Waals surface area contributed by atoms with Crippen LogP contribution in [0.1, 0.15) is 30.2 Å². The maximum absolute atomic E-state index is 12.2. The van der Waals surface area contributed by atoms with Crippen molar-refractivity contribution in [2.24, 2.45) is 5.73 Å². The number of amides is 1. The van der Waals surface area contributed by atoms with Gasteiger partial charge in [-0.3, -0.25) is 4.79 Å². The first-order valence-electron chi connectivity index (χ1n) is 8.20. The largest absolute Gasteiger partial charge is 0.486 e. The molecule has 0 aliphatic rings. The van der Waals surface area contributed by atoms with E-state index in [0.29, 0.717) is 12.3 Å². The summed E-state index contributed by atoms with van der Waals surface area (Å²) in [6, 6.07) is 17.4. The van der Waals surface area contributed by atoms with E-state index >= 15 is 0 Å². The fourth-order valence-corrected chi connectivity index (χ4v) is 2.41. The monoisotopic (exact) mass is 338 g/mol. The van der Waals surface area contributed by atoms with Crippen LogP contribution in [0.5, 0.6) is 5.75 Å². The fraction of sp³-hybridized carbons (Fsp3) is 0.250. The van der Waals surface area contributed by atoms with Crippen molar-refractivity contribution < 1.29 is 13.9 Å². The van der Waals surface area contributed by atoms with Crippen molar-refractivity contribution in [3.05, 3.63) is 66.1 Å². The van der Waals surface area contributed by atoms with Gasteiger partial charge >= 0.3 is 0 Å². The number of nitrogens with two attached hydrogens (primary N) is 1. The molecule has 3 N–H and O–H groups in total. The normalized spacial score (nSPS) is 11.5. The van der Waals surface area contributed by atoms with Crippen LogP contribution in [0.4, 0.5) is 0 Å². The molecule has 1 heterocycles. The zero-order valence-electron chi connectivity index (χ0n) is 14.4. The molecular weight excluding hydrogens is 316 g/mol. The number of nitrogens with one attached hydrogen (secondary N) is 1. The van der Waals surface area contributed by atoms with E-state index in [-0.39, 0.29) is 18.3 Å². The highest BCUT2D eigenvalue weighted by molar-refractivity contribution is 5.92. The topological polar surface area (TPSA) is 77.5 Å². The van der Waals surface area contributed by atoms with Gasteiger partial charge in [0.25, 0.3) is 5.91 Å². The van der Waals surface area contributed by atoms with Crippen molar-refractivity contribution in [2.75, 3.05) is 6.54 Å². The molecule has 0 saturated carbocycles. The third-order valence-corrected chi connectivity index (χ3v) is 3.95. The lowest BCUT2D eigenvalue weighted by Gasteiger charge is -2.23. The SMILES string of the molecule is CC(C)(CN)NC(=O)c1ccc(COc2ccc3ccccc3c2)o1. The zero-order chi connectivity index (χ0) is 17.9. The maximum Gasteiger partial charge on any atom is 0.287 e. The molecule has 0 aliphatic heterocycles. The standard InChI is InChI=1S/C20H22N2O3/c1-20(2,13-21)22-19(23)18-10-9-17(25-18)12-24-16-8-7-14-5-3-4-6-15(14)11-16/h3-11H,12-13,21H2,1-2H3,(H,22,23). The minimum absolute atomic E-state index is 0.249. The number of hydrogen-bond donors (Lipinski definition) is 2. The van der Waals surface area contributed by atoms with Crippen LogP contribution in [0.3, 0.4) is 0 Å². The van der Waals surface area contributed by atoms with Crippen LogP contribution in [-0.2, 0) is 6.61 Å². The summed E-state index contributed by atoms with van der Waals surface area (Å²) in [6.45, 7) is 4.32. The summed E-state index contributed by atoms with van der Waals surface area (Å²) in [5.41, 5.74) is 5.14. The highest BCUT2D eigenvalue weighted by Gasteiger charge is 2.21. The van der Waals surface area contributed by atoms with Gasteiger partial charge in [0.1, 0.15) is 18.1 Å². The first-order valence-corrected chi connectivity index (χ1v) is 8.20. The van der Waals surface area contributed by atoms with E-state index in [0.717, 1.165) is 16.5 Å². The Hall–Kier alpha value is -2.79. The third kappa shape index (κ3) is 4.19. The van der Waals surface area contributed by atoms with Crippen LogP contribution in [0.15, 0.2) is 59.0 Å². The number of fused-ring (bicyclic) bond motifs is 1. The molecular formula is C20H22N2O3. The average molecular weight is 338 g/mol. The molecule has 0 saturated heterocycles. The molecule has 0 bridgehead atoms. The Labute approximate surface area is 146 Å². The van der Waals surface area contributed by atoms with E-state index in [1.165, 1.54) is 0 Å². The maximum atomic E-state index is 12.2. The van der Waals surface area contributed by atoms with Gasteiger partial charge in [-0.25, -0.2) is 0 Å². The number of benzene rings is 2. The van der Waals surface area contributed by atoms with Gasteiger partial charge < -0.3 is 20.2 Å². The van der Waals surface area contributed by atoms with Gasteiger partial charge in [0, 0.05) is 12.1 Å². The Kier molecular flexibility index (Phi) is 4.76. The summed E-state index contributed by atoms with van der Waals surface area (Å²) in [5, 5.41) is 5.11. The van der Waals surface area contributed by atoms with Crippen LogP contribution in [0.25, 0.3) is 10.8 Å². The first kappa shape index (κ1) is 17.0. The molecule has 1 aromatic heterocycles. The molecule has 130 valence electrons. The van der Waals surface area contributed by atoms with Gasteiger partial charge in [-0.05, 0) is 48.9 Å². The van der Waals surface area contributed by atoms with E-state index in [1.54, 1.807) is 12.1 Å². The molecule has 5 nitrogen and oxygen atoms in total. The molecule has 5 heteroatoms. The number of furan rings is 1. The van der Waals surface area contributed by atoms with Crippen LogP contribution in [-0.4, -0.2) is 18.0 Å². The van der Waals surface area contributed by atoms with Crippen molar-refractivity contribution in [2.45, 2.75) is 26.0 Å². The minimum Gasteiger partial charge on any atom is -0.486 e. The first-order chi connectivity index (χ1) is 12.0. The van der Waals surface area contributed by atoms with Crippen molar-refractivity contribution in [1.82, 2.24) is 5.32 Å². The average Bonchev–Trinajstić information content (AvgIpc) is 3.09. The highest BCUT2D eigenvalue weighted by atomic mass is 16.5. The number of carbonyl (C=O) groups is 1. The zero-order valence-corrected chi connectivity index (χ0v) is 14.4. The lowest BCUT2D eigenvalue weighted by molar-refractivity contribution is 0.0883. The van der Waals surface area contributed by atoms with Crippen molar-refractivity contribution in [3.63, 3.8) is 0 Å². The van der Waals surface area contributed by atoms with Crippen LogP contribution in [0.2, 0.25) is 0 Å². The summed E-state index contributed by atoms with van der Waals surface area (Å²) in [7, 11) is 0. The second kappa shape index (κ2) is 6.99. The Morgan fingerprint density at radius 2 is 1.88 bits per heavy atom. The summed E-state index contributed by atoms with van der Waals surface area (Å²) < 4.78 is 11.3. The second-order valence-corrected chi connectivity index (χ2v) is 6.61. The number of ether oxygens (including phenoxy) is 1. The lowest BCUT2D eigenvalue weighted by atomic mass is 10.1. The fourth-order valence-electron chi connectivity index (χ4n) is 2.41. The number of carbonyl (C=O) groups excluding carboxylic acids is 1. The predicted octanol–water partition coefficient (Wildman–Crippen LogP) is 3.48. The van der Waals surface area contributed by atoms with Crippen LogP contribution < -0.4 is 15.8 Å². The molecule has 0 aliphatic carbocycles. The van der Waals surface area contributed by atoms with Crippen LogP contribution in [0, 0.1) is 0 Å². The number of rotatable bonds is 6. The molecule has 3 aromatic rings. The minimum atomic E-state index is -0.481. The summed E-state index contributed by atoms with van der Waals surface area (Å²) in [5.74, 6) is 1.31. The molecule has 0 radical (unpaired) electrons. The van der Waals surface area contributed by atoms with E-state index in [1.807, 2.05) is 50.2 Å². The smallest absolute Gasteiger partial charge is 0.287 e. The molecule has 2 aromatic carbocycles. The van der Waals surface area contributed by atoms with Gasteiger partial charge in [-0.1, -0.05) is 30.3 Å². The summed E-state index contributed by atoms with van der Waals surface area (Å²) in [4.78, 5) is 12.2. The van der Waals surface area contributed by atoms with E-state index in [4.69, 9.17) is 14.9 Å². The van der Waals surface area contributed by atoms with Gasteiger partial charge in [-0.2, -0.15) is 0 Å². The Morgan fingerprint density at radius 3 is 2.64 bits per heavy atom. The molecule has 0 spiro atoms. The highest BCUT2D eigenvalue weighted by Crippen LogP contribution is 2.21. The predicted molar refractivity (Wildman–Crippen MR) is 97.6 cm³/mol. The van der Waals surface area contributed by atoms with Gasteiger partial charge in [0.05, 0.1) is 0 Å².